The molecule has 3 heteroatoms. The van der Waals surface area contributed by atoms with Crippen molar-refractivity contribution in [2.45, 2.75) is 38.6 Å². The molecule has 15 heavy (non-hydrogen) atoms. The molecule has 1 N–H and O–H groups in total. The quantitative estimate of drug-likeness (QED) is 0.873. The van der Waals surface area contributed by atoms with Crippen LogP contribution in [0.15, 0.2) is 16.9 Å². The van der Waals surface area contributed by atoms with E-state index in [4.69, 9.17) is 0 Å². The largest absolute Gasteiger partial charge is 0.340 e. The minimum atomic E-state index is 0.532. The molecule has 0 saturated carbocycles. The van der Waals surface area contributed by atoms with Crippen LogP contribution in [0.5, 0.6) is 0 Å². The molecule has 0 amide bonds. The highest BCUT2D eigenvalue weighted by Crippen LogP contribution is 2.28. The Labute approximate surface area is 100 Å². The molecule has 0 aliphatic carbocycles. The first-order chi connectivity index (χ1) is 7.18. The van der Waals surface area contributed by atoms with Gasteiger partial charge >= 0.3 is 0 Å². The summed E-state index contributed by atoms with van der Waals surface area (Å²) >= 11 is 3.63. The summed E-state index contributed by atoms with van der Waals surface area (Å²) < 4.78 is 3.50. The fourth-order valence-electron chi connectivity index (χ4n) is 2.23. The van der Waals surface area contributed by atoms with Gasteiger partial charge in [0.05, 0.1) is 4.60 Å². The summed E-state index contributed by atoms with van der Waals surface area (Å²) in [5.74, 6) is 0.704. The number of aromatic nitrogens is 1. The van der Waals surface area contributed by atoms with Crippen LogP contribution in [0, 0.1) is 0 Å². The highest BCUT2D eigenvalue weighted by atomic mass is 79.9. The van der Waals surface area contributed by atoms with Crippen LogP contribution in [0.2, 0.25) is 0 Å². The monoisotopic (exact) mass is 270 g/mol. The lowest BCUT2D eigenvalue weighted by atomic mass is 9.94. The molecule has 2 nitrogen and oxygen atoms in total. The summed E-state index contributed by atoms with van der Waals surface area (Å²) in [5, 5.41) is 3.47. The van der Waals surface area contributed by atoms with Crippen LogP contribution in [-0.4, -0.2) is 17.7 Å². The molecule has 1 atom stereocenters. The predicted molar refractivity (Wildman–Crippen MR) is 67.4 cm³/mol. The van der Waals surface area contributed by atoms with Gasteiger partial charge in [0.1, 0.15) is 0 Å². The molecule has 0 spiro atoms. The molecule has 1 fully saturated rings. The standard InChI is InChI=1S/C12H19BrN2/c1-9(2)15-8-11(6-12(15)13)10-4-3-5-14-7-10/h6,8-10,14H,3-5,7H2,1-2H3. The molecule has 1 aliphatic rings. The molecule has 1 saturated heterocycles. The normalized spacial score (nSPS) is 22.3. The average molecular weight is 271 g/mol. The first-order valence-corrected chi connectivity index (χ1v) is 6.55. The SMILES string of the molecule is CC(C)n1cc(C2CCCNC2)cc1Br. The van der Waals surface area contributed by atoms with Crippen molar-refractivity contribution in [3.8, 4) is 0 Å². The minimum absolute atomic E-state index is 0.532. The van der Waals surface area contributed by atoms with Gasteiger partial charge in [-0.2, -0.15) is 0 Å². The number of piperidine rings is 1. The van der Waals surface area contributed by atoms with E-state index in [9.17, 15) is 0 Å². The van der Waals surface area contributed by atoms with Crippen LogP contribution in [0.4, 0.5) is 0 Å². The van der Waals surface area contributed by atoms with Crippen molar-refractivity contribution in [3.63, 3.8) is 0 Å². The molecular weight excluding hydrogens is 252 g/mol. The van der Waals surface area contributed by atoms with E-state index in [1.165, 1.54) is 29.6 Å². The fraction of sp³-hybridized carbons (Fsp3) is 0.667. The van der Waals surface area contributed by atoms with Crippen LogP contribution < -0.4 is 5.32 Å². The predicted octanol–water partition coefficient (Wildman–Crippen LogP) is 3.30. The maximum Gasteiger partial charge on any atom is 0.0851 e. The second-order valence-electron chi connectivity index (χ2n) is 4.64. The zero-order chi connectivity index (χ0) is 10.8. The van der Waals surface area contributed by atoms with Crippen LogP contribution in [0.25, 0.3) is 0 Å². The number of hydrogen-bond donors (Lipinski definition) is 1. The lowest BCUT2D eigenvalue weighted by Gasteiger charge is -2.21. The van der Waals surface area contributed by atoms with Crippen LogP contribution in [0.1, 0.15) is 44.2 Å². The summed E-state index contributed by atoms with van der Waals surface area (Å²) in [6.07, 6.45) is 4.92. The zero-order valence-electron chi connectivity index (χ0n) is 9.46. The van der Waals surface area contributed by atoms with Crippen molar-refractivity contribution in [1.29, 1.82) is 0 Å². The molecule has 1 aliphatic heterocycles. The van der Waals surface area contributed by atoms with Gasteiger partial charge in [-0.15, -0.1) is 0 Å². The lowest BCUT2D eigenvalue weighted by Crippen LogP contribution is -2.28. The highest BCUT2D eigenvalue weighted by molar-refractivity contribution is 9.10. The minimum Gasteiger partial charge on any atom is -0.340 e. The molecule has 1 unspecified atom stereocenters. The third kappa shape index (κ3) is 2.45. The molecule has 84 valence electrons. The first kappa shape index (κ1) is 11.2. The van der Waals surface area contributed by atoms with E-state index in [1.54, 1.807) is 0 Å². The third-order valence-electron chi connectivity index (χ3n) is 3.15. The van der Waals surface area contributed by atoms with Gasteiger partial charge in [-0.1, -0.05) is 0 Å². The maximum absolute atomic E-state index is 3.63. The fourth-order valence-corrected chi connectivity index (χ4v) is 3.00. The van der Waals surface area contributed by atoms with E-state index in [1.807, 2.05) is 0 Å². The smallest absolute Gasteiger partial charge is 0.0851 e. The third-order valence-corrected chi connectivity index (χ3v) is 3.78. The Kier molecular flexibility index (Phi) is 3.52. The van der Waals surface area contributed by atoms with Crippen molar-refractivity contribution in [2.24, 2.45) is 0 Å². The summed E-state index contributed by atoms with van der Waals surface area (Å²) in [6, 6.07) is 2.81. The second kappa shape index (κ2) is 4.71. The van der Waals surface area contributed by atoms with Gasteiger partial charge in [0, 0.05) is 18.8 Å². The van der Waals surface area contributed by atoms with Crippen molar-refractivity contribution < 1.29 is 0 Å². The van der Waals surface area contributed by atoms with Crippen LogP contribution in [0.3, 0.4) is 0 Å². The molecule has 0 aromatic carbocycles. The van der Waals surface area contributed by atoms with Gasteiger partial charge in [0.2, 0.25) is 0 Å². The average Bonchev–Trinajstić information content (AvgIpc) is 2.62. The second-order valence-corrected chi connectivity index (χ2v) is 5.45. The topological polar surface area (TPSA) is 17.0 Å². The molecule has 2 heterocycles. The maximum atomic E-state index is 3.63. The van der Waals surface area contributed by atoms with E-state index in [0.717, 1.165) is 6.54 Å². The van der Waals surface area contributed by atoms with Crippen LogP contribution in [-0.2, 0) is 0 Å². The van der Waals surface area contributed by atoms with Gasteiger partial charge in [-0.3, -0.25) is 0 Å². The summed E-state index contributed by atoms with van der Waals surface area (Å²) in [6.45, 7) is 6.75. The molecular formula is C12H19BrN2. The van der Waals surface area contributed by atoms with E-state index in [2.05, 4.69) is 51.9 Å². The Hall–Kier alpha value is -0.280. The van der Waals surface area contributed by atoms with Gasteiger partial charge in [-0.25, -0.2) is 0 Å². The van der Waals surface area contributed by atoms with E-state index in [-0.39, 0.29) is 0 Å². The Morgan fingerprint density at radius 1 is 1.53 bits per heavy atom. The van der Waals surface area contributed by atoms with Crippen molar-refractivity contribution >= 4 is 15.9 Å². The van der Waals surface area contributed by atoms with Crippen LogP contribution >= 0.6 is 15.9 Å². The summed E-state index contributed by atoms with van der Waals surface area (Å²) in [7, 11) is 0. The molecule has 1 aromatic rings. The number of nitrogens with one attached hydrogen (secondary N) is 1. The Morgan fingerprint density at radius 2 is 2.33 bits per heavy atom. The van der Waals surface area contributed by atoms with E-state index in [0.29, 0.717) is 12.0 Å². The number of rotatable bonds is 2. The van der Waals surface area contributed by atoms with Crippen molar-refractivity contribution in [3.05, 3.63) is 22.4 Å². The Bertz CT molecular complexity index is 324. The molecule has 1 aromatic heterocycles. The molecule has 2 rings (SSSR count). The highest BCUT2D eigenvalue weighted by Gasteiger charge is 2.17. The summed E-state index contributed by atoms with van der Waals surface area (Å²) in [4.78, 5) is 0. The number of nitrogens with zero attached hydrogens (tertiary/aromatic N) is 1. The number of hydrogen-bond acceptors (Lipinski definition) is 1. The Balaban J connectivity index is 2.17. The lowest BCUT2D eigenvalue weighted by molar-refractivity contribution is 0.460. The van der Waals surface area contributed by atoms with Gasteiger partial charge < -0.3 is 9.88 Å². The van der Waals surface area contributed by atoms with E-state index < -0.39 is 0 Å². The van der Waals surface area contributed by atoms with Gasteiger partial charge in [0.25, 0.3) is 0 Å². The summed E-state index contributed by atoms with van der Waals surface area (Å²) in [5.41, 5.74) is 1.47. The molecule has 0 radical (unpaired) electrons. The zero-order valence-corrected chi connectivity index (χ0v) is 11.0. The van der Waals surface area contributed by atoms with Gasteiger partial charge in [-0.05, 0) is 66.7 Å². The van der Waals surface area contributed by atoms with Crippen molar-refractivity contribution in [1.82, 2.24) is 9.88 Å². The van der Waals surface area contributed by atoms with Gasteiger partial charge in [0.15, 0.2) is 0 Å². The van der Waals surface area contributed by atoms with E-state index >= 15 is 0 Å². The Morgan fingerprint density at radius 3 is 2.87 bits per heavy atom. The molecule has 0 bridgehead atoms. The number of halogens is 1. The first-order valence-electron chi connectivity index (χ1n) is 5.76. The van der Waals surface area contributed by atoms with Crippen molar-refractivity contribution in [2.75, 3.05) is 13.1 Å².